The number of benzene rings is 1. The Hall–Kier alpha value is -2.77. The predicted molar refractivity (Wildman–Crippen MR) is 83.5 cm³/mol. The summed E-state index contributed by atoms with van der Waals surface area (Å²) in [7, 11) is 0. The first-order chi connectivity index (χ1) is 11.3. The van der Waals surface area contributed by atoms with Crippen molar-refractivity contribution in [2.24, 2.45) is 0 Å². The molecule has 1 aromatic carbocycles. The number of halogens is 2. The van der Waals surface area contributed by atoms with Crippen molar-refractivity contribution in [3.63, 3.8) is 0 Å². The first-order valence-corrected chi connectivity index (χ1v) is 7.37. The van der Waals surface area contributed by atoms with E-state index < -0.39 is 23.0 Å². The van der Waals surface area contributed by atoms with Crippen LogP contribution in [0.2, 0.25) is 0 Å². The Morgan fingerprint density at radius 3 is 2.58 bits per heavy atom. The molecule has 128 valence electrons. The molecule has 0 saturated heterocycles. The van der Waals surface area contributed by atoms with E-state index in [4.69, 9.17) is 4.74 Å². The Morgan fingerprint density at radius 2 is 2.00 bits per heavy atom. The average molecular weight is 337 g/mol. The molecule has 0 aliphatic heterocycles. The molecule has 1 heterocycles. The molecule has 2 rings (SSSR count). The SMILES string of the molecule is CCOc1cc(=O)c(C(=O)NC(C)C)nn1-c1ccc(F)c(F)c1. The molecule has 0 bridgehead atoms. The van der Waals surface area contributed by atoms with Crippen LogP contribution in [-0.2, 0) is 0 Å². The molecule has 0 aliphatic carbocycles. The summed E-state index contributed by atoms with van der Waals surface area (Å²) in [5.74, 6) is -2.73. The average Bonchev–Trinajstić information content (AvgIpc) is 2.50. The van der Waals surface area contributed by atoms with Gasteiger partial charge in [-0.25, -0.2) is 13.5 Å². The predicted octanol–water partition coefficient (Wildman–Crippen LogP) is 2.05. The topological polar surface area (TPSA) is 73.2 Å². The first kappa shape index (κ1) is 17.6. The molecule has 0 saturated carbocycles. The van der Waals surface area contributed by atoms with Crippen LogP contribution in [0.1, 0.15) is 31.3 Å². The molecule has 24 heavy (non-hydrogen) atoms. The number of ether oxygens (including phenoxy) is 1. The van der Waals surface area contributed by atoms with Gasteiger partial charge in [-0.15, -0.1) is 0 Å². The second-order valence-corrected chi connectivity index (χ2v) is 5.27. The zero-order valence-electron chi connectivity index (χ0n) is 13.5. The third-order valence-corrected chi connectivity index (χ3v) is 2.97. The molecule has 0 fully saturated rings. The van der Waals surface area contributed by atoms with Crippen molar-refractivity contribution < 1.29 is 18.3 Å². The van der Waals surface area contributed by atoms with Gasteiger partial charge in [0.1, 0.15) is 0 Å². The van der Waals surface area contributed by atoms with Crippen LogP contribution < -0.4 is 15.5 Å². The fourth-order valence-electron chi connectivity index (χ4n) is 1.98. The normalized spacial score (nSPS) is 10.8. The molecule has 0 spiro atoms. The van der Waals surface area contributed by atoms with Crippen molar-refractivity contribution in [1.29, 1.82) is 0 Å². The summed E-state index contributed by atoms with van der Waals surface area (Å²) < 4.78 is 33.0. The Kier molecular flexibility index (Phi) is 5.28. The van der Waals surface area contributed by atoms with E-state index in [0.29, 0.717) is 0 Å². The van der Waals surface area contributed by atoms with E-state index in [0.717, 1.165) is 22.9 Å². The van der Waals surface area contributed by atoms with E-state index in [2.05, 4.69) is 10.4 Å². The van der Waals surface area contributed by atoms with Gasteiger partial charge in [-0.2, -0.15) is 5.10 Å². The molecule has 8 heteroatoms. The number of hydrogen-bond acceptors (Lipinski definition) is 4. The third kappa shape index (κ3) is 3.76. The summed E-state index contributed by atoms with van der Waals surface area (Å²) >= 11 is 0. The monoisotopic (exact) mass is 337 g/mol. The van der Waals surface area contributed by atoms with Crippen LogP contribution in [0.4, 0.5) is 8.78 Å². The van der Waals surface area contributed by atoms with E-state index in [-0.39, 0.29) is 29.9 Å². The van der Waals surface area contributed by atoms with E-state index in [1.165, 1.54) is 6.07 Å². The molecule has 1 aromatic heterocycles. The second kappa shape index (κ2) is 7.20. The molecule has 0 atom stereocenters. The summed E-state index contributed by atoms with van der Waals surface area (Å²) in [6, 6.07) is 3.99. The lowest BCUT2D eigenvalue weighted by molar-refractivity contribution is 0.0934. The van der Waals surface area contributed by atoms with Gasteiger partial charge in [0, 0.05) is 12.1 Å². The van der Waals surface area contributed by atoms with Crippen molar-refractivity contribution in [2.75, 3.05) is 6.61 Å². The third-order valence-electron chi connectivity index (χ3n) is 2.97. The van der Waals surface area contributed by atoms with Crippen LogP contribution in [0, 0.1) is 11.6 Å². The van der Waals surface area contributed by atoms with Gasteiger partial charge in [0.25, 0.3) is 5.91 Å². The molecule has 2 aromatic rings. The standard InChI is InChI=1S/C16H17F2N3O3/c1-4-24-14-8-13(22)15(16(23)19-9(2)3)20-21(14)10-5-6-11(17)12(18)7-10/h5-9H,4H2,1-3H3,(H,19,23). The summed E-state index contributed by atoms with van der Waals surface area (Å²) in [5, 5.41) is 6.52. The van der Waals surface area contributed by atoms with E-state index in [1.807, 2.05) is 0 Å². The highest BCUT2D eigenvalue weighted by Gasteiger charge is 2.18. The number of carbonyl (C=O) groups is 1. The van der Waals surface area contributed by atoms with E-state index in [1.54, 1.807) is 20.8 Å². The quantitative estimate of drug-likeness (QED) is 0.906. The Bertz CT molecular complexity index is 819. The van der Waals surface area contributed by atoms with Crippen LogP contribution in [0.15, 0.2) is 29.1 Å². The molecule has 1 amide bonds. The second-order valence-electron chi connectivity index (χ2n) is 5.27. The number of nitrogens with zero attached hydrogens (tertiary/aromatic N) is 2. The van der Waals surface area contributed by atoms with Gasteiger partial charge in [-0.05, 0) is 32.9 Å². The van der Waals surface area contributed by atoms with Gasteiger partial charge in [0.05, 0.1) is 18.4 Å². The molecule has 0 radical (unpaired) electrons. The fourth-order valence-corrected chi connectivity index (χ4v) is 1.98. The lowest BCUT2D eigenvalue weighted by atomic mass is 10.3. The minimum Gasteiger partial charge on any atom is -0.478 e. The molecular formula is C16H17F2N3O3. The molecular weight excluding hydrogens is 320 g/mol. The van der Waals surface area contributed by atoms with Crippen molar-refractivity contribution in [3.8, 4) is 11.6 Å². The summed E-state index contributed by atoms with van der Waals surface area (Å²) in [6.45, 7) is 5.39. The highest BCUT2D eigenvalue weighted by Crippen LogP contribution is 2.18. The zero-order valence-corrected chi connectivity index (χ0v) is 13.5. The van der Waals surface area contributed by atoms with Crippen molar-refractivity contribution in [1.82, 2.24) is 15.1 Å². The van der Waals surface area contributed by atoms with Gasteiger partial charge in [0.15, 0.2) is 17.3 Å². The largest absolute Gasteiger partial charge is 0.478 e. The van der Waals surface area contributed by atoms with Crippen LogP contribution >= 0.6 is 0 Å². The van der Waals surface area contributed by atoms with Gasteiger partial charge in [-0.3, -0.25) is 9.59 Å². The van der Waals surface area contributed by atoms with Gasteiger partial charge in [-0.1, -0.05) is 0 Å². The van der Waals surface area contributed by atoms with Crippen LogP contribution in [0.3, 0.4) is 0 Å². The molecule has 6 nitrogen and oxygen atoms in total. The smallest absolute Gasteiger partial charge is 0.276 e. The Morgan fingerprint density at radius 1 is 1.29 bits per heavy atom. The van der Waals surface area contributed by atoms with Crippen molar-refractivity contribution >= 4 is 5.91 Å². The first-order valence-electron chi connectivity index (χ1n) is 7.37. The lowest BCUT2D eigenvalue weighted by Crippen LogP contribution is -2.35. The number of rotatable bonds is 5. The maximum Gasteiger partial charge on any atom is 0.276 e. The summed E-state index contributed by atoms with van der Waals surface area (Å²) in [5.41, 5.74) is -0.872. The van der Waals surface area contributed by atoms with E-state index >= 15 is 0 Å². The van der Waals surface area contributed by atoms with Crippen LogP contribution in [0.25, 0.3) is 5.69 Å². The lowest BCUT2D eigenvalue weighted by Gasteiger charge is -2.14. The number of nitrogens with one attached hydrogen (secondary N) is 1. The van der Waals surface area contributed by atoms with Crippen molar-refractivity contribution in [3.05, 3.63) is 51.8 Å². The van der Waals surface area contributed by atoms with Gasteiger partial charge in [0.2, 0.25) is 11.3 Å². The summed E-state index contributed by atoms with van der Waals surface area (Å²) in [6.07, 6.45) is 0. The molecule has 1 N–H and O–H groups in total. The zero-order chi connectivity index (χ0) is 17.9. The maximum atomic E-state index is 13.5. The Balaban J connectivity index is 2.60. The number of carbonyl (C=O) groups excluding carboxylic acids is 1. The van der Waals surface area contributed by atoms with Gasteiger partial charge < -0.3 is 10.1 Å². The van der Waals surface area contributed by atoms with E-state index in [9.17, 15) is 18.4 Å². The van der Waals surface area contributed by atoms with Gasteiger partial charge >= 0.3 is 0 Å². The number of hydrogen-bond donors (Lipinski definition) is 1. The molecule has 0 unspecified atom stereocenters. The summed E-state index contributed by atoms with van der Waals surface area (Å²) in [4.78, 5) is 24.2. The molecule has 0 aliphatic rings. The Labute approximate surface area is 137 Å². The minimum absolute atomic E-state index is 0.0228. The number of amides is 1. The minimum atomic E-state index is -1.08. The maximum absolute atomic E-state index is 13.5. The fraction of sp³-hybridized carbons (Fsp3) is 0.312. The highest BCUT2D eigenvalue weighted by molar-refractivity contribution is 5.92. The highest BCUT2D eigenvalue weighted by atomic mass is 19.2. The van der Waals surface area contributed by atoms with Crippen LogP contribution in [0.5, 0.6) is 5.88 Å². The van der Waals surface area contributed by atoms with Crippen LogP contribution in [-0.4, -0.2) is 28.3 Å². The van der Waals surface area contributed by atoms with Crippen molar-refractivity contribution in [2.45, 2.75) is 26.8 Å². The number of aromatic nitrogens is 2.